The first kappa shape index (κ1) is 17.7. The minimum Gasteiger partial charge on any atom is -0.490 e. The van der Waals surface area contributed by atoms with Crippen LogP contribution < -0.4 is 4.74 Å². The van der Waals surface area contributed by atoms with Crippen LogP contribution in [-0.2, 0) is 9.53 Å². The third-order valence-corrected chi connectivity index (χ3v) is 4.53. The Bertz CT molecular complexity index is 611. The van der Waals surface area contributed by atoms with Gasteiger partial charge in [0.1, 0.15) is 16.7 Å². The van der Waals surface area contributed by atoms with E-state index in [1.807, 2.05) is 30.3 Å². The smallest absolute Gasteiger partial charge is 0.266 e. The summed E-state index contributed by atoms with van der Waals surface area (Å²) in [6.07, 6.45) is 4.32. The van der Waals surface area contributed by atoms with Crippen LogP contribution in [0.15, 0.2) is 41.8 Å². The molecule has 0 aliphatic carbocycles. The standard InChI is InChI=1S/C17H19NO3S2/c1-3-10-21-14-7-5-13(6-8-14)12-15-16(19)18(17(22)23-15)9-4-11-20-2/h3,5-8,12H,1,4,9-11H2,2H3. The molecule has 1 saturated heterocycles. The lowest BCUT2D eigenvalue weighted by molar-refractivity contribution is -0.122. The van der Waals surface area contributed by atoms with E-state index in [0.29, 0.717) is 29.0 Å². The predicted octanol–water partition coefficient (Wildman–Crippen LogP) is 3.49. The van der Waals surface area contributed by atoms with Gasteiger partial charge in [-0.25, -0.2) is 0 Å². The van der Waals surface area contributed by atoms with Crippen molar-refractivity contribution in [2.45, 2.75) is 6.42 Å². The first-order valence-corrected chi connectivity index (χ1v) is 8.46. The molecule has 1 aliphatic rings. The predicted molar refractivity (Wildman–Crippen MR) is 98.5 cm³/mol. The fourth-order valence-electron chi connectivity index (χ4n) is 2.03. The molecule has 4 nitrogen and oxygen atoms in total. The number of rotatable bonds is 8. The average Bonchev–Trinajstić information content (AvgIpc) is 2.82. The number of benzene rings is 1. The molecule has 0 aromatic heterocycles. The molecule has 1 heterocycles. The number of ether oxygens (including phenoxy) is 2. The molecule has 2 rings (SSSR count). The minimum absolute atomic E-state index is 0.0388. The van der Waals surface area contributed by atoms with Gasteiger partial charge < -0.3 is 9.47 Å². The largest absolute Gasteiger partial charge is 0.490 e. The van der Waals surface area contributed by atoms with Gasteiger partial charge in [0.25, 0.3) is 5.91 Å². The van der Waals surface area contributed by atoms with Crippen molar-refractivity contribution >= 4 is 40.3 Å². The number of methoxy groups -OCH3 is 1. The van der Waals surface area contributed by atoms with Gasteiger partial charge in [-0.2, -0.15) is 0 Å². The summed E-state index contributed by atoms with van der Waals surface area (Å²) in [6.45, 7) is 5.28. The van der Waals surface area contributed by atoms with E-state index in [9.17, 15) is 4.79 Å². The first-order valence-electron chi connectivity index (χ1n) is 7.23. The van der Waals surface area contributed by atoms with Gasteiger partial charge in [-0.3, -0.25) is 9.69 Å². The molecule has 0 atom stereocenters. The summed E-state index contributed by atoms with van der Waals surface area (Å²) in [5.74, 6) is 0.734. The molecule has 0 saturated carbocycles. The van der Waals surface area contributed by atoms with E-state index in [-0.39, 0.29) is 5.91 Å². The molecule has 0 N–H and O–H groups in total. The molecular weight excluding hydrogens is 330 g/mol. The Morgan fingerprint density at radius 2 is 2.09 bits per heavy atom. The number of carbonyl (C=O) groups is 1. The number of hydrogen-bond donors (Lipinski definition) is 0. The van der Waals surface area contributed by atoms with Crippen LogP contribution in [0, 0.1) is 0 Å². The van der Waals surface area contributed by atoms with Gasteiger partial charge in [-0.15, -0.1) is 0 Å². The van der Waals surface area contributed by atoms with E-state index in [1.165, 1.54) is 11.8 Å². The lowest BCUT2D eigenvalue weighted by atomic mass is 10.2. The van der Waals surface area contributed by atoms with Gasteiger partial charge in [0.15, 0.2) is 0 Å². The molecule has 0 bridgehead atoms. The fraction of sp³-hybridized carbons (Fsp3) is 0.294. The lowest BCUT2D eigenvalue weighted by Gasteiger charge is -2.13. The quantitative estimate of drug-likeness (QED) is 0.311. The SMILES string of the molecule is C=CCOc1ccc(C=C2SC(=S)N(CCCOC)C2=O)cc1. The normalized spacial score (nSPS) is 16.2. The van der Waals surface area contributed by atoms with Crippen LogP contribution in [0.3, 0.4) is 0 Å². The molecule has 1 amide bonds. The summed E-state index contributed by atoms with van der Waals surface area (Å²) in [5, 5.41) is 0. The zero-order valence-electron chi connectivity index (χ0n) is 13.0. The molecule has 122 valence electrons. The molecule has 0 unspecified atom stereocenters. The van der Waals surface area contributed by atoms with E-state index >= 15 is 0 Å². The zero-order valence-corrected chi connectivity index (χ0v) is 14.6. The van der Waals surface area contributed by atoms with Crippen LogP contribution in [0.5, 0.6) is 5.75 Å². The molecule has 1 fully saturated rings. The molecule has 0 spiro atoms. The van der Waals surface area contributed by atoms with Crippen molar-refractivity contribution in [2.75, 3.05) is 26.9 Å². The number of amides is 1. The lowest BCUT2D eigenvalue weighted by Crippen LogP contribution is -2.29. The molecule has 0 radical (unpaired) electrons. The van der Waals surface area contributed by atoms with E-state index in [0.717, 1.165) is 17.7 Å². The molecule has 23 heavy (non-hydrogen) atoms. The van der Waals surface area contributed by atoms with Crippen molar-refractivity contribution < 1.29 is 14.3 Å². The topological polar surface area (TPSA) is 38.8 Å². The van der Waals surface area contributed by atoms with Crippen LogP contribution in [0.2, 0.25) is 0 Å². The van der Waals surface area contributed by atoms with Gasteiger partial charge >= 0.3 is 0 Å². The summed E-state index contributed by atoms with van der Waals surface area (Å²) in [5.41, 5.74) is 0.938. The van der Waals surface area contributed by atoms with Crippen molar-refractivity contribution in [1.82, 2.24) is 4.90 Å². The first-order chi connectivity index (χ1) is 11.2. The molecular formula is C17H19NO3S2. The summed E-state index contributed by atoms with van der Waals surface area (Å²) < 4.78 is 11.1. The average molecular weight is 349 g/mol. The maximum atomic E-state index is 12.4. The second kappa shape index (κ2) is 8.86. The highest BCUT2D eigenvalue weighted by Crippen LogP contribution is 2.32. The van der Waals surface area contributed by atoms with E-state index in [4.69, 9.17) is 21.7 Å². The van der Waals surface area contributed by atoms with Crippen LogP contribution in [-0.4, -0.2) is 42.0 Å². The number of hydrogen-bond acceptors (Lipinski definition) is 5. The summed E-state index contributed by atoms with van der Waals surface area (Å²) in [7, 11) is 1.65. The summed E-state index contributed by atoms with van der Waals surface area (Å²) in [6, 6.07) is 7.56. The second-order valence-electron chi connectivity index (χ2n) is 4.85. The number of carbonyl (C=O) groups excluding carboxylic acids is 1. The van der Waals surface area contributed by atoms with Crippen LogP contribution in [0.25, 0.3) is 6.08 Å². The van der Waals surface area contributed by atoms with Crippen molar-refractivity contribution in [3.63, 3.8) is 0 Å². The fourth-order valence-corrected chi connectivity index (χ4v) is 3.34. The van der Waals surface area contributed by atoms with Crippen LogP contribution in [0.4, 0.5) is 0 Å². The van der Waals surface area contributed by atoms with Crippen LogP contribution >= 0.6 is 24.0 Å². The van der Waals surface area contributed by atoms with E-state index < -0.39 is 0 Å². The summed E-state index contributed by atoms with van der Waals surface area (Å²) >= 11 is 6.62. The number of thioether (sulfide) groups is 1. The Kier molecular flexibility index (Phi) is 6.83. The Labute approximate surface area is 146 Å². The third kappa shape index (κ3) is 4.92. The van der Waals surface area contributed by atoms with Crippen molar-refractivity contribution in [3.8, 4) is 5.75 Å². The maximum absolute atomic E-state index is 12.4. The third-order valence-electron chi connectivity index (χ3n) is 3.15. The van der Waals surface area contributed by atoms with E-state index in [2.05, 4.69) is 6.58 Å². The second-order valence-corrected chi connectivity index (χ2v) is 6.52. The highest BCUT2D eigenvalue weighted by Gasteiger charge is 2.31. The van der Waals surface area contributed by atoms with Crippen molar-refractivity contribution in [2.24, 2.45) is 0 Å². The van der Waals surface area contributed by atoms with E-state index in [1.54, 1.807) is 18.1 Å². The van der Waals surface area contributed by atoms with Gasteiger partial charge in [-0.1, -0.05) is 48.8 Å². The monoisotopic (exact) mass is 349 g/mol. The minimum atomic E-state index is -0.0388. The Morgan fingerprint density at radius 1 is 1.35 bits per heavy atom. The van der Waals surface area contributed by atoms with Gasteiger partial charge in [0.2, 0.25) is 0 Å². The van der Waals surface area contributed by atoms with Gasteiger partial charge in [-0.05, 0) is 30.2 Å². The van der Waals surface area contributed by atoms with Crippen molar-refractivity contribution in [3.05, 3.63) is 47.4 Å². The highest BCUT2D eigenvalue weighted by molar-refractivity contribution is 8.26. The maximum Gasteiger partial charge on any atom is 0.266 e. The van der Waals surface area contributed by atoms with Crippen molar-refractivity contribution in [1.29, 1.82) is 0 Å². The molecule has 1 aromatic carbocycles. The van der Waals surface area contributed by atoms with Gasteiger partial charge in [0, 0.05) is 20.3 Å². The highest BCUT2D eigenvalue weighted by atomic mass is 32.2. The zero-order chi connectivity index (χ0) is 16.7. The number of thiocarbonyl (C=S) groups is 1. The molecule has 1 aromatic rings. The molecule has 6 heteroatoms. The summed E-state index contributed by atoms with van der Waals surface area (Å²) in [4.78, 5) is 14.7. The Morgan fingerprint density at radius 3 is 2.74 bits per heavy atom. The Hall–Kier alpha value is -1.63. The molecule has 1 aliphatic heterocycles. The Balaban J connectivity index is 2.03. The van der Waals surface area contributed by atoms with Gasteiger partial charge in [0.05, 0.1) is 4.91 Å². The number of nitrogens with zero attached hydrogens (tertiary/aromatic N) is 1. The van der Waals surface area contributed by atoms with Crippen LogP contribution in [0.1, 0.15) is 12.0 Å².